The Labute approximate surface area is 775 Å². The number of rotatable bonds is 28. The summed E-state index contributed by atoms with van der Waals surface area (Å²) < 4.78 is 24.1. The van der Waals surface area contributed by atoms with Crippen LogP contribution in [0.1, 0.15) is 20.8 Å². The van der Waals surface area contributed by atoms with Gasteiger partial charge in [-0.25, -0.2) is 59.8 Å². The summed E-state index contributed by atoms with van der Waals surface area (Å²) in [6.07, 6.45) is 14.3. The molecule has 12 heterocycles. The number of likely N-dealkylation sites (N-methyl/N-ethyl adjacent to an activating group) is 1. The summed E-state index contributed by atoms with van der Waals surface area (Å²) in [5, 5.41) is 24.4. The summed E-state index contributed by atoms with van der Waals surface area (Å²) in [6.45, 7) is 10.0. The van der Waals surface area contributed by atoms with Gasteiger partial charge in [0.1, 0.15) is 42.6 Å². The summed E-state index contributed by atoms with van der Waals surface area (Å²) in [7, 11) is 13.3. The summed E-state index contributed by atoms with van der Waals surface area (Å²) in [4.78, 5) is 68.0. The molecule has 0 amide bonds. The fourth-order valence-corrected chi connectivity index (χ4v) is 20.2. The zero-order valence-electron chi connectivity index (χ0n) is 74.2. The van der Waals surface area contributed by atoms with Crippen molar-refractivity contribution in [1.82, 2.24) is 78.1 Å². The monoisotopic (exact) mass is 1810 g/mol. The van der Waals surface area contributed by atoms with Crippen molar-refractivity contribution in [3.05, 3.63) is 292 Å². The number of hydrogen-bond donors (Lipinski definition) is 4. The second-order valence-electron chi connectivity index (χ2n) is 31.3. The fourth-order valence-electron chi connectivity index (χ4n) is 15.4. The van der Waals surface area contributed by atoms with E-state index in [0.29, 0.717) is 80.9 Å². The summed E-state index contributed by atoms with van der Waals surface area (Å²) in [6, 6.07) is 83.5. The SMILES string of the molecule is CC(C)OCCNc1nc(-c2nccn2C)nc2sc(-c3ccccc3)c(-c3ccccc3)c12.CC(O)CNc1nc(-c2nccn2C)nc2sc(-c3ccccc3)c(-c3ccccc3)c12.COCCN(C)c1nc(-c2nccn2C)nc2sc(-c3ccccc3)c(-c3ccccc3)c12.COCCNc1nc(-c2nccn2C)nc2sc(-c3ccccc3)c(-c3ccccc3)c12. The number of fused-ring (bicyclic) bond motifs is 4. The van der Waals surface area contributed by atoms with Crippen LogP contribution in [0.4, 0.5) is 23.3 Å². The minimum Gasteiger partial charge on any atom is -0.392 e. The molecular weight excluding hydrogens is 1710 g/mol. The van der Waals surface area contributed by atoms with Crippen LogP contribution in [0, 0.1) is 0 Å². The number of hydrogen-bond acceptors (Lipinski definition) is 24. The van der Waals surface area contributed by atoms with Gasteiger partial charge in [-0.3, -0.25) is 0 Å². The first-order chi connectivity index (χ1) is 64.2. The predicted molar refractivity (Wildman–Crippen MR) is 537 cm³/mol. The van der Waals surface area contributed by atoms with Crippen LogP contribution >= 0.6 is 45.3 Å². The van der Waals surface area contributed by atoms with Gasteiger partial charge in [-0.05, 0) is 65.3 Å². The van der Waals surface area contributed by atoms with E-state index in [4.69, 9.17) is 54.1 Å². The van der Waals surface area contributed by atoms with Gasteiger partial charge in [0.2, 0.25) is 0 Å². The normalized spacial score (nSPS) is 11.5. The second-order valence-corrected chi connectivity index (χ2v) is 35.3. The molecule has 0 radical (unpaired) electrons. The zero-order chi connectivity index (χ0) is 90.3. The van der Waals surface area contributed by atoms with E-state index < -0.39 is 6.10 Å². The standard InChI is InChI=1S/C27H27N5OS.C26H25N5OS.2C25H23N5OS/c1-18(2)33-17-15-28-24-22-21(19-10-6-4-7-11-19)23(20-12-8-5-9-13-20)34-27(22)31-25(30-24)26-29-14-16-32(26)3;1-30-15-14-27-25(30)23-28-24(31(2)16-17-32-3)21-20(18-10-6-4-7-11-18)22(33-26(21)29-23)19-12-8-5-9-13-19;1-30-15-13-27-24(30)23-28-22(26-14-16-31-2)20-19(17-9-5-3-6-10-17)21(32-25(20)29-23)18-11-7-4-8-12-18;1-16(31)15-27-22-20-19(17-9-5-3-6-10-17)21(18-11-7-4-8-12-18)32-25(20)29-23(28-22)24-26-13-14-30(24)2/h4-14,16,18H,15,17H2,1-3H3,(H,28,30,31);4-15H,16-17H2,1-3H3;3-13,15H,14,16H2,1-2H3,(H,26,28,29);3-14,16,31H,15H2,1-2H3,(H,27,28,29). The first-order valence-electron chi connectivity index (χ1n) is 43.1. The van der Waals surface area contributed by atoms with Crippen molar-refractivity contribution in [2.75, 3.05) is 88.1 Å². The lowest BCUT2D eigenvalue weighted by Crippen LogP contribution is -2.23. The molecular formula is C103H98N20O4S4. The quantitative estimate of drug-likeness (QED) is 0.0332. The Kier molecular flexibility index (Phi) is 28.1. The fraction of sp³-hybridized carbons (Fsp3) is 0.184. The number of ether oxygens (including phenoxy) is 3. The Morgan fingerprint density at radius 1 is 0.336 bits per heavy atom. The van der Waals surface area contributed by atoms with Crippen LogP contribution < -0.4 is 20.9 Å². The number of nitrogens with one attached hydrogen (secondary N) is 3. The van der Waals surface area contributed by atoms with Gasteiger partial charge in [0.05, 0.1) is 53.6 Å². The molecule has 0 aliphatic rings. The van der Waals surface area contributed by atoms with Crippen molar-refractivity contribution < 1.29 is 19.3 Å². The van der Waals surface area contributed by atoms with Crippen molar-refractivity contribution >= 4 is 109 Å². The number of benzene rings is 8. The van der Waals surface area contributed by atoms with Crippen molar-refractivity contribution in [2.45, 2.75) is 33.0 Å². The van der Waals surface area contributed by atoms with E-state index in [0.717, 1.165) is 142 Å². The molecule has 0 aliphatic carbocycles. The Morgan fingerprint density at radius 2 is 0.603 bits per heavy atom. The molecule has 0 fully saturated rings. The first kappa shape index (κ1) is 88.8. The Bertz CT molecular complexity index is 7190. The summed E-state index contributed by atoms with van der Waals surface area (Å²) >= 11 is 6.72. The lowest BCUT2D eigenvalue weighted by molar-refractivity contribution is 0.0870. The second kappa shape index (κ2) is 41.5. The smallest absolute Gasteiger partial charge is 0.199 e. The van der Waals surface area contributed by atoms with E-state index in [1.807, 2.05) is 158 Å². The minimum atomic E-state index is -0.510. The number of aliphatic hydroxyl groups is 1. The number of aryl methyl sites for hydroxylation is 4. The zero-order valence-corrected chi connectivity index (χ0v) is 77.5. The van der Waals surface area contributed by atoms with Crippen molar-refractivity contribution in [2.24, 2.45) is 28.2 Å². The topological polar surface area (TPSA) is 262 Å². The van der Waals surface area contributed by atoms with Crippen LogP contribution in [0.5, 0.6) is 0 Å². The third kappa shape index (κ3) is 19.9. The molecule has 4 N–H and O–H groups in total. The van der Waals surface area contributed by atoms with Gasteiger partial charge in [-0.2, -0.15) is 0 Å². The van der Waals surface area contributed by atoms with Gasteiger partial charge in [-0.1, -0.05) is 243 Å². The predicted octanol–water partition coefficient (Wildman–Crippen LogP) is 22.5. The molecule has 0 aliphatic heterocycles. The van der Waals surface area contributed by atoms with Crippen LogP contribution in [0.25, 0.3) is 174 Å². The lowest BCUT2D eigenvalue weighted by Gasteiger charge is -2.20. The number of thiophene rings is 4. The Hall–Kier alpha value is -14.2. The van der Waals surface area contributed by atoms with Crippen molar-refractivity contribution in [3.8, 4) is 133 Å². The molecule has 0 spiro atoms. The van der Waals surface area contributed by atoms with E-state index in [1.165, 1.54) is 20.2 Å². The van der Waals surface area contributed by atoms with Crippen LogP contribution in [-0.2, 0) is 42.4 Å². The molecule has 12 aromatic heterocycles. The number of aliphatic hydroxyl groups excluding tert-OH is 1. The van der Waals surface area contributed by atoms with Gasteiger partial charge in [0.25, 0.3) is 0 Å². The van der Waals surface area contributed by atoms with E-state index in [9.17, 15) is 5.11 Å². The van der Waals surface area contributed by atoms with Crippen LogP contribution in [-0.4, -0.2) is 163 Å². The van der Waals surface area contributed by atoms with E-state index in [-0.39, 0.29) is 6.10 Å². The molecule has 24 nitrogen and oxygen atoms in total. The van der Waals surface area contributed by atoms with E-state index >= 15 is 0 Å². The summed E-state index contributed by atoms with van der Waals surface area (Å²) in [5.74, 6) is 8.47. The number of anilines is 4. The molecule has 8 aromatic carbocycles. The highest BCUT2D eigenvalue weighted by Gasteiger charge is 2.30. The van der Waals surface area contributed by atoms with Crippen LogP contribution in [0.15, 0.2) is 292 Å². The molecule has 20 aromatic rings. The lowest BCUT2D eigenvalue weighted by atomic mass is 9.99. The molecule has 1 atom stereocenters. The molecule has 0 bridgehead atoms. The van der Waals surface area contributed by atoms with Gasteiger partial charge < -0.3 is 58.4 Å². The number of nitrogens with zero attached hydrogens (tertiary/aromatic N) is 17. The molecule has 1 unspecified atom stereocenters. The van der Waals surface area contributed by atoms with E-state index in [2.05, 4.69) is 218 Å². The first-order valence-corrected chi connectivity index (χ1v) is 46.4. The molecule has 131 heavy (non-hydrogen) atoms. The molecule has 0 saturated carbocycles. The van der Waals surface area contributed by atoms with Gasteiger partial charge >= 0.3 is 0 Å². The maximum Gasteiger partial charge on any atom is 0.199 e. The Morgan fingerprint density at radius 3 is 0.878 bits per heavy atom. The van der Waals surface area contributed by atoms with Gasteiger partial charge in [0, 0.05) is 167 Å². The third-order valence-corrected chi connectivity index (χ3v) is 26.2. The third-order valence-electron chi connectivity index (χ3n) is 21.7. The molecule has 28 heteroatoms. The highest BCUT2D eigenvalue weighted by Crippen LogP contribution is 2.52. The number of methoxy groups -OCH3 is 2. The van der Waals surface area contributed by atoms with Crippen LogP contribution in [0.2, 0.25) is 0 Å². The number of aromatic nitrogens is 16. The number of imidazole rings is 4. The maximum atomic E-state index is 9.93. The highest BCUT2D eigenvalue weighted by atomic mass is 32.1. The van der Waals surface area contributed by atoms with Gasteiger partial charge in [-0.15, -0.1) is 45.3 Å². The van der Waals surface area contributed by atoms with Crippen LogP contribution in [0.3, 0.4) is 0 Å². The maximum absolute atomic E-state index is 9.93. The highest BCUT2D eigenvalue weighted by molar-refractivity contribution is 7.24. The minimum absolute atomic E-state index is 0.182. The average molecular weight is 1810 g/mol. The Balaban J connectivity index is 0.000000122. The van der Waals surface area contributed by atoms with Crippen molar-refractivity contribution in [1.29, 1.82) is 0 Å². The summed E-state index contributed by atoms with van der Waals surface area (Å²) in [5.41, 5.74) is 13.7. The molecule has 658 valence electrons. The molecule has 0 saturated heterocycles. The van der Waals surface area contributed by atoms with Gasteiger partial charge in [0.15, 0.2) is 46.6 Å². The van der Waals surface area contributed by atoms with Crippen molar-refractivity contribution in [3.63, 3.8) is 0 Å². The molecule has 20 rings (SSSR count). The van der Waals surface area contributed by atoms with E-state index in [1.54, 1.807) is 91.3 Å². The largest absolute Gasteiger partial charge is 0.392 e. The average Bonchev–Trinajstić information content (AvgIpc) is 1.61.